The molecule has 1 rings (SSSR count). The first-order valence-electron chi connectivity index (χ1n) is 4.86. The molecule has 1 heterocycles. The topological polar surface area (TPSA) is 74.7 Å². The molecule has 0 saturated heterocycles. The Kier molecular flexibility index (Phi) is 4.27. The summed E-state index contributed by atoms with van der Waals surface area (Å²) in [6.07, 6.45) is -4.63. The fraction of sp³-hybridized carbons (Fsp3) is 0.444. The monoisotopic (exact) mass is 317 g/mol. The number of aliphatic carboxylic acids is 1. The number of rotatable bonds is 4. The third kappa shape index (κ3) is 3.25. The van der Waals surface area contributed by atoms with Crippen LogP contribution in [0.5, 0.6) is 0 Å². The van der Waals surface area contributed by atoms with E-state index in [9.17, 15) is 26.4 Å². The number of sulfonamides is 1. The van der Waals surface area contributed by atoms with E-state index in [0.717, 1.165) is 20.0 Å². The number of alkyl halides is 3. The molecule has 1 unspecified atom stereocenters. The molecule has 0 saturated carbocycles. The Hall–Kier alpha value is -1.13. The van der Waals surface area contributed by atoms with E-state index in [2.05, 4.69) is 0 Å². The molecule has 0 aliphatic carbocycles. The number of thiophene rings is 1. The highest BCUT2D eigenvalue weighted by atomic mass is 32.2. The standard InChI is InChI=1S/C9H10F3NO4S2/c1-5(8(14)15)13(2)19(16,17)7-4-3-6(18-7)9(10,11)12/h3-5H,1-2H3,(H,14,15). The fourth-order valence-electron chi connectivity index (χ4n) is 1.12. The first-order valence-corrected chi connectivity index (χ1v) is 7.11. The summed E-state index contributed by atoms with van der Waals surface area (Å²) < 4.78 is 61.0. The van der Waals surface area contributed by atoms with Gasteiger partial charge in [-0.2, -0.15) is 17.5 Å². The number of carbonyl (C=O) groups is 1. The van der Waals surface area contributed by atoms with Gasteiger partial charge in [-0.3, -0.25) is 4.79 Å². The number of carboxylic acids is 1. The zero-order chi connectivity index (χ0) is 15.0. The molecule has 108 valence electrons. The van der Waals surface area contributed by atoms with E-state index in [1.54, 1.807) is 0 Å². The highest BCUT2D eigenvalue weighted by Gasteiger charge is 2.36. The molecule has 0 bridgehead atoms. The first-order chi connectivity index (χ1) is 8.48. The summed E-state index contributed by atoms with van der Waals surface area (Å²) in [6, 6.07) is 0.0893. The molecule has 1 aromatic rings. The SMILES string of the molecule is CC(C(=O)O)N(C)S(=O)(=O)c1ccc(C(F)(F)F)s1. The van der Waals surface area contributed by atoms with Crippen LogP contribution >= 0.6 is 11.3 Å². The van der Waals surface area contributed by atoms with Gasteiger partial charge in [0.2, 0.25) is 0 Å². The Morgan fingerprint density at radius 2 is 1.95 bits per heavy atom. The second-order valence-corrected chi connectivity index (χ2v) is 6.96. The normalized spacial score (nSPS) is 14.6. The summed E-state index contributed by atoms with van der Waals surface area (Å²) in [5.41, 5.74) is 0. The van der Waals surface area contributed by atoms with Crippen LogP contribution in [0.3, 0.4) is 0 Å². The van der Waals surface area contributed by atoms with E-state index in [4.69, 9.17) is 5.11 Å². The average Bonchev–Trinajstić information content (AvgIpc) is 2.76. The maximum absolute atomic E-state index is 12.4. The molecule has 0 fully saturated rings. The molecule has 10 heteroatoms. The molecule has 0 spiro atoms. The molecule has 0 aromatic carbocycles. The molecule has 1 N–H and O–H groups in total. The molecule has 1 aromatic heterocycles. The van der Waals surface area contributed by atoms with Crippen molar-refractivity contribution in [3.63, 3.8) is 0 Å². The van der Waals surface area contributed by atoms with Crippen molar-refractivity contribution >= 4 is 27.3 Å². The van der Waals surface area contributed by atoms with Crippen molar-refractivity contribution < 1.29 is 31.5 Å². The average molecular weight is 317 g/mol. The molecule has 1 atom stereocenters. The van der Waals surface area contributed by atoms with Crippen molar-refractivity contribution in [3.05, 3.63) is 17.0 Å². The maximum Gasteiger partial charge on any atom is 0.425 e. The molecule has 0 radical (unpaired) electrons. The second-order valence-electron chi connectivity index (χ2n) is 3.65. The van der Waals surface area contributed by atoms with Crippen LogP contribution in [0.2, 0.25) is 0 Å². The third-order valence-electron chi connectivity index (χ3n) is 2.40. The van der Waals surface area contributed by atoms with Crippen molar-refractivity contribution in [1.82, 2.24) is 4.31 Å². The van der Waals surface area contributed by atoms with Crippen molar-refractivity contribution in [3.8, 4) is 0 Å². The summed E-state index contributed by atoms with van der Waals surface area (Å²) in [7, 11) is -3.25. The lowest BCUT2D eigenvalue weighted by atomic mass is 10.4. The van der Waals surface area contributed by atoms with Crippen molar-refractivity contribution in [2.75, 3.05) is 7.05 Å². The summed E-state index contributed by atoms with van der Waals surface area (Å²) in [5.74, 6) is -1.39. The van der Waals surface area contributed by atoms with Gasteiger partial charge in [0, 0.05) is 7.05 Å². The van der Waals surface area contributed by atoms with Crippen LogP contribution in [-0.4, -0.2) is 36.9 Å². The highest BCUT2D eigenvalue weighted by Crippen LogP contribution is 2.36. The fourth-order valence-corrected chi connectivity index (χ4v) is 3.79. The van der Waals surface area contributed by atoms with E-state index >= 15 is 0 Å². The van der Waals surface area contributed by atoms with Gasteiger partial charge in [-0.15, -0.1) is 11.3 Å². The quantitative estimate of drug-likeness (QED) is 0.920. The van der Waals surface area contributed by atoms with E-state index < -0.39 is 37.3 Å². The Morgan fingerprint density at radius 1 is 1.42 bits per heavy atom. The van der Waals surface area contributed by atoms with Crippen molar-refractivity contribution in [2.24, 2.45) is 0 Å². The van der Waals surface area contributed by atoms with Gasteiger partial charge in [0.05, 0.1) is 0 Å². The predicted molar refractivity (Wildman–Crippen MR) is 61.4 cm³/mol. The Balaban J connectivity index is 3.15. The van der Waals surface area contributed by atoms with E-state index in [1.807, 2.05) is 0 Å². The zero-order valence-electron chi connectivity index (χ0n) is 9.80. The lowest BCUT2D eigenvalue weighted by Gasteiger charge is -2.19. The van der Waals surface area contributed by atoms with E-state index in [0.29, 0.717) is 10.4 Å². The van der Waals surface area contributed by atoms with Crippen molar-refractivity contribution in [1.29, 1.82) is 0 Å². The van der Waals surface area contributed by atoms with Gasteiger partial charge in [-0.1, -0.05) is 0 Å². The molecule has 0 aliphatic heterocycles. The number of carboxylic acid groups (broad SMARTS) is 1. The lowest BCUT2D eigenvalue weighted by molar-refractivity contribution is -0.140. The van der Waals surface area contributed by atoms with Crippen LogP contribution in [0.4, 0.5) is 13.2 Å². The minimum Gasteiger partial charge on any atom is -0.480 e. The number of hydrogen-bond donors (Lipinski definition) is 1. The van der Waals surface area contributed by atoms with E-state index in [-0.39, 0.29) is 11.3 Å². The molecule has 0 aliphatic rings. The molecular weight excluding hydrogens is 307 g/mol. The summed E-state index contributed by atoms with van der Waals surface area (Å²) >= 11 is 0.0567. The van der Waals surface area contributed by atoms with Gasteiger partial charge >= 0.3 is 12.1 Å². The van der Waals surface area contributed by atoms with Crippen LogP contribution in [-0.2, 0) is 21.0 Å². The zero-order valence-corrected chi connectivity index (χ0v) is 11.4. The molecule has 19 heavy (non-hydrogen) atoms. The summed E-state index contributed by atoms with van der Waals surface area (Å²) in [4.78, 5) is 9.65. The first kappa shape index (κ1) is 15.9. The van der Waals surface area contributed by atoms with Gasteiger partial charge < -0.3 is 5.11 Å². The van der Waals surface area contributed by atoms with Crippen molar-refractivity contribution in [2.45, 2.75) is 23.4 Å². The minimum atomic E-state index is -4.63. The second kappa shape index (κ2) is 5.10. The highest BCUT2D eigenvalue weighted by molar-refractivity contribution is 7.91. The van der Waals surface area contributed by atoms with Crippen LogP contribution in [0.25, 0.3) is 0 Å². The van der Waals surface area contributed by atoms with Gasteiger partial charge in [-0.05, 0) is 19.1 Å². The smallest absolute Gasteiger partial charge is 0.425 e. The molecule has 5 nitrogen and oxygen atoms in total. The maximum atomic E-state index is 12.4. The van der Waals surface area contributed by atoms with Crippen LogP contribution in [0, 0.1) is 0 Å². The lowest BCUT2D eigenvalue weighted by Crippen LogP contribution is -2.39. The van der Waals surface area contributed by atoms with Gasteiger partial charge in [-0.25, -0.2) is 8.42 Å². The minimum absolute atomic E-state index is 0.0567. The number of nitrogens with zero attached hydrogens (tertiary/aromatic N) is 1. The Bertz CT molecular complexity index is 579. The van der Waals surface area contributed by atoms with Crippen LogP contribution in [0.1, 0.15) is 11.8 Å². The number of halogens is 3. The largest absolute Gasteiger partial charge is 0.480 e. The van der Waals surface area contributed by atoms with Gasteiger partial charge in [0.15, 0.2) is 0 Å². The number of hydrogen-bond acceptors (Lipinski definition) is 4. The van der Waals surface area contributed by atoms with Crippen LogP contribution in [0.15, 0.2) is 16.3 Å². The summed E-state index contributed by atoms with van der Waals surface area (Å²) in [5, 5.41) is 8.71. The third-order valence-corrected chi connectivity index (χ3v) is 5.92. The van der Waals surface area contributed by atoms with Gasteiger partial charge in [0.25, 0.3) is 10.0 Å². The Labute approximate surface area is 111 Å². The Morgan fingerprint density at radius 3 is 2.32 bits per heavy atom. The van der Waals surface area contributed by atoms with E-state index in [1.165, 1.54) is 0 Å². The molecule has 0 amide bonds. The number of likely N-dealkylation sites (N-methyl/N-ethyl adjacent to an activating group) is 1. The van der Waals surface area contributed by atoms with Crippen LogP contribution < -0.4 is 0 Å². The predicted octanol–water partition coefficient (Wildman–Crippen LogP) is 1.86. The van der Waals surface area contributed by atoms with Gasteiger partial charge in [0.1, 0.15) is 15.1 Å². The summed E-state index contributed by atoms with van der Waals surface area (Å²) in [6.45, 7) is 1.12. The molecular formula is C9H10F3NO4S2.